The summed E-state index contributed by atoms with van der Waals surface area (Å²) in [5.41, 5.74) is 2.17. The Morgan fingerprint density at radius 1 is 1.11 bits per heavy atom. The van der Waals surface area contributed by atoms with Crippen molar-refractivity contribution >= 4 is 17.8 Å². The molecule has 1 atom stereocenters. The number of carbonyl (C=O) groups excluding carboxylic acids is 3. The van der Waals surface area contributed by atoms with Gasteiger partial charge in [0, 0.05) is 6.42 Å². The molecule has 6 nitrogen and oxygen atoms in total. The van der Waals surface area contributed by atoms with Crippen LogP contribution in [0.2, 0.25) is 0 Å². The Morgan fingerprint density at radius 3 is 2.44 bits per heavy atom. The lowest BCUT2D eigenvalue weighted by atomic mass is 9.87. The zero-order chi connectivity index (χ0) is 19.4. The quantitative estimate of drug-likeness (QED) is 0.769. The van der Waals surface area contributed by atoms with Gasteiger partial charge in [-0.05, 0) is 30.0 Å². The zero-order valence-corrected chi connectivity index (χ0v) is 14.9. The molecule has 0 radical (unpaired) electrons. The standard InChI is InChI=1S/C20H20FN3O3/c1-2-20(15-9-4-3-5-10-15)18(26)24(19(27)22-20)23-17(25)13-12-14-8-6-7-11-16(14)21/h3-11H,2,12-13H2,1H3,(H,22,27)(H,23,25)/t20-/m0/s1. The van der Waals surface area contributed by atoms with Gasteiger partial charge in [-0.25, -0.2) is 9.18 Å². The number of benzene rings is 2. The summed E-state index contributed by atoms with van der Waals surface area (Å²) < 4.78 is 13.6. The highest BCUT2D eigenvalue weighted by Crippen LogP contribution is 2.31. The van der Waals surface area contributed by atoms with Gasteiger partial charge in [-0.15, -0.1) is 0 Å². The molecule has 1 saturated heterocycles. The van der Waals surface area contributed by atoms with Gasteiger partial charge in [0.15, 0.2) is 0 Å². The van der Waals surface area contributed by atoms with E-state index in [0.717, 1.165) is 0 Å². The van der Waals surface area contributed by atoms with Gasteiger partial charge < -0.3 is 5.32 Å². The molecule has 1 heterocycles. The number of halogens is 1. The van der Waals surface area contributed by atoms with E-state index in [1.54, 1.807) is 49.4 Å². The molecule has 1 aliphatic heterocycles. The van der Waals surface area contributed by atoms with Crippen molar-refractivity contribution in [1.82, 2.24) is 15.8 Å². The lowest BCUT2D eigenvalue weighted by Crippen LogP contribution is -2.48. The van der Waals surface area contributed by atoms with Crippen LogP contribution in [0, 0.1) is 5.82 Å². The fraction of sp³-hybridized carbons (Fsp3) is 0.250. The summed E-state index contributed by atoms with van der Waals surface area (Å²) in [6, 6.07) is 14.4. The minimum Gasteiger partial charge on any atom is -0.318 e. The summed E-state index contributed by atoms with van der Waals surface area (Å²) in [6.07, 6.45) is 0.450. The number of hydrogen-bond acceptors (Lipinski definition) is 3. The van der Waals surface area contributed by atoms with E-state index in [1.807, 2.05) is 6.07 Å². The van der Waals surface area contributed by atoms with Gasteiger partial charge in [0.1, 0.15) is 11.4 Å². The molecule has 7 heteroatoms. The molecule has 2 aromatic carbocycles. The van der Waals surface area contributed by atoms with E-state index in [1.165, 1.54) is 6.07 Å². The second-order valence-corrected chi connectivity index (χ2v) is 6.32. The Kier molecular flexibility index (Phi) is 5.21. The molecule has 140 valence electrons. The summed E-state index contributed by atoms with van der Waals surface area (Å²) in [7, 11) is 0. The van der Waals surface area contributed by atoms with Gasteiger partial charge in [-0.1, -0.05) is 55.5 Å². The number of nitrogens with one attached hydrogen (secondary N) is 2. The first-order valence-corrected chi connectivity index (χ1v) is 8.73. The van der Waals surface area contributed by atoms with Gasteiger partial charge >= 0.3 is 6.03 Å². The highest BCUT2D eigenvalue weighted by atomic mass is 19.1. The van der Waals surface area contributed by atoms with Crippen molar-refractivity contribution in [3.05, 3.63) is 71.5 Å². The summed E-state index contributed by atoms with van der Waals surface area (Å²) in [6.45, 7) is 1.79. The maximum absolute atomic E-state index is 13.6. The Bertz CT molecular complexity index is 872. The fourth-order valence-electron chi connectivity index (χ4n) is 3.17. The van der Waals surface area contributed by atoms with Crippen LogP contribution >= 0.6 is 0 Å². The van der Waals surface area contributed by atoms with Crippen molar-refractivity contribution in [1.29, 1.82) is 0 Å². The average molecular weight is 369 g/mol. The lowest BCUT2D eigenvalue weighted by molar-refractivity contribution is -0.139. The van der Waals surface area contributed by atoms with E-state index in [-0.39, 0.29) is 12.8 Å². The average Bonchev–Trinajstić information content (AvgIpc) is 2.93. The number of hydrogen-bond donors (Lipinski definition) is 2. The third-order valence-corrected chi connectivity index (χ3v) is 4.70. The van der Waals surface area contributed by atoms with Crippen LogP contribution in [0.3, 0.4) is 0 Å². The van der Waals surface area contributed by atoms with E-state index in [9.17, 15) is 18.8 Å². The molecule has 0 spiro atoms. The van der Waals surface area contributed by atoms with Crippen LogP contribution in [-0.2, 0) is 21.5 Å². The highest BCUT2D eigenvalue weighted by molar-refractivity contribution is 6.08. The van der Waals surface area contributed by atoms with Crippen LogP contribution in [0.4, 0.5) is 9.18 Å². The molecular formula is C20H20FN3O3. The summed E-state index contributed by atoms with van der Waals surface area (Å²) in [5.74, 6) is -1.48. The Morgan fingerprint density at radius 2 is 1.78 bits per heavy atom. The maximum atomic E-state index is 13.6. The molecular weight excluding hydrogens is 349 g/mol. The fourth-order valence-corrected chi connectivity index (χ4v) is 3.17. The highest BCUT2D eigenvalue weighted by Gasteiger charge is 2.52. The smallest absolute Gasteiger partial charge is 0.318 e. The molecule has 27 heavy (non-hydrogen) atoms. The number of rotatable bonds is 6. The molecule has 0 aromatic heterocycles. The van der Waals surface area contributed by atoms with Crippen molar-refractivity contribution in [3.8, 4) is 0 Å². The number of carbonyl (C=O) groups is 3. The molecule has 2 N–H and O–H groups in total. The summed E-state index contributed by atoms with van der Waals surface area (Å²) in [5, 5.41) is 3.39. The van der Waals surface area contributed by atoms with E-state index >= 15 is 0 Å². The number of aryl methyl sites for hydroxylation is 1. The van der Waals surface area contributed by atoms with Crippen LogP contribution in [-0.4, -0.2) is 22.9 Å². The number of imide groups is 1. The van der Waals surface area contributed by atoms with Gasteiger partial charge in [-0.2, -0.15) is 5.01 Å². The number of nitrogens with zero attached hydrogens (tertiary/aromatic N) is 1. The first-order chi connectivity index (χ1) is 13.0. The van der Waals surface area contributed by atoms with E-state index < -0.39 is 29.2 Å². The minimum atomic E-state index is -1.21. The van der Waals surface area contributed by atoms with Gasteiger partial charge in [0.05, 0.1) is 0 Å². The number of urea groups is 1. The molecule has 1 fully saturated rings. The van der Waals surface area contributed by atoms with Crippen LogP contribution in [0.5, 0.6) is 0 Å². The molecule has 1 aliphatic rings. The van der Waals surface area contributed by atoms with Crippen LogP contribution < -0.4 is 10.7 Å². The van der Waals surface area contributed by atoms with Crippen molar-refractivity contribution in [2.24, 2.45) is 0 Å². The third-order valence-electron chi connectivity index (χ3n) is 4.70. The molecule has 0 unspecified atom stereocenters. The summed E-state index contributed by atoms with van der Waals surface area (Å²) in [4.78, 5) is 37.4. The largest absolute Gasteiger partial charge is 0.344 e. The van der Waals surface area contributed by atoms with Crippen LogP contribution in [0.25, 0.3) is 0 Å². The van der Waals surface area contributed by atoms with Gasteiger partial charge in [0.25, 0.3) is 5.91 Å². The SMILES string of the molecule is CC[C@@]1(c2ccccc2)NC(=O)N(NC(=O)CCc2ccccc2F)C1=O. The number of amides is 4. The lowest BCUT2D eigenvalue weighted by Gasteiger charge is -2.25. The normalized spacial score (nSPS) is 19.1. The Labute approximate surface area is 156 Å². The predicted octanol–water partition coefficient (Wildman–Crippen LogP) is 2.65. The van der Waals surface area contributed by atoms with E-state index in [4.69, 9.17) is 0 Å². The van der Waals surface area contributed by atoms with E-state index in [2.05, 4.69) is 10.7 Å². The summed E-state index contributed by atoms with van der Waals surface area (Å²) >= 11 is 0. The molecule has 0 bridgehead atoms. The second kappa shape index (κ2) is 7.57. The predicted molar refractivity (Wildman–Crippen MR) is 96.7 cm³/mol. The van der Waals surface area contributed by atoms with Crippen molar-refractivity contribution in [2.45, 2.75) is 31.7 Å². The number of hydrazine groups is 1. The molecule has 4 amide bonds. The maximum Gasteiger partial charge on any atom is 0.344 e. The Balaban J connectivity index is 1.70. The third kappa shape index (κ3) is 3.53. The van der Waals surface area contributed by atoms with Gasteiger partial charge in [0.2, 0.25) is 5.91 Å². The second-order valence-electron chi connectivity index (χ2n) is 6.32. The molecule has 2 aromatic rings. The molecule has 0 saturated carbocycles. The first kappa shape index (κ1) is 18.6. The monoisotopic (exact) mass is 369 g/mol. The first-order valence-electron chi connectivity index (χ1n) is 8.73. The van der Waals surface area contributed by atoms with Crippen LogP contribution in [0.15, 0.2) is 54.6 Å². The van der Waals surface area contributed by atoms with Gasteiger partial charge in [-0.3, -0.25) is 15.0 Å². The van der Waals surface area contributed by atoms with E-state index in [0.29, 0.717) is 22.6 Å². The molecule has 0 aliphatic carbocycles. The molecule has 3 rings (SSSR count). The Hall–Kier alpha value is -3.22. The zero-order valence-electron chi connectivity index (χ0n) is 14.9. The van der Waals surface area contributed by atoms with Crippen molar-refractivity contribution in [2.75, 3.05) is 0 Å². The van der Waals surface area contributed by atoms with Crippen molar-refractivity contribution in [3.63, 3.8) is 0 Å². The topological polar surface area (TPSA) is 78.5 Å². The van der Waals surface area contributed by atoms with Crippen LogP contribution in [0.1, 0.15) is 30.9 Å². The minimum absolute atomic E-state index is 0.0531. The van der Waals surface area contributed by atoms with Crippen molar-refractivity contribution < 1.29 is 18.8 Å².